The van der Waals surface area contributed by atoms with E-state index in [0.29, 0.717) is 6.54 Å². The standard InChI is InChI=1S/C18H23FN2O3/c1-2-21(11-16(22)23)15-9-14(10-15)20-17(24)18(6-7-18)12-4-3-5-13(19)8-12/h3-5,8,14-15H,2,6-7,9-11H2,1H3,(H,20,24)(H,22,23). The Morgan fingerprint density at radius 1 is 1.38 bits per heavy atom. The van der Waals surface area contributed by atoms with Gasteiger partial charge in [-0.15, -0.1) is 0 Å². The van der Waals surface area contributed by atoms with Gasteiger partial charge >= 0.3 is 5.97 Å². The molecule has 0 spiro atoms. The number of carbonyl (C=O) groups is 2. The maximum Gasteiger partial charge on any atom is 0.317 e. The molecule has 0 saturated heterocycles. The van der Waals surface area contributed by atoms with Crippen LogP contribution < -0.4 is 5.32 Å². The van der Waals surface area contributed by atoms with Crippen molar-refractivity contribution in [3.63, 3.8) is 0 Å². The average molecular weight is 334 g/mol. The van der Waals surface area contributed by atoms with E-state index < -0.39 is 11.4 Å². The molecule has 0 atom stereocenters. The molecule has 0 aliphatic heterocycles. The smallest absolute Gasteiger partial charge is 0.317 e. The molecule has 0 unspecified atom stereocenters. The summed E-state index contributed by atoms with van der Waals surface area (Å²) in [5, 5.41) is 12.0. The monoisotopic (exact) mass is 334 g/mol. The highest BCUT2D eigenvalue weighted by molar-refractivity contribution is 5.91. The second kappa shape index (κ2) is 6.51. The molecular formula is C18H23FN2O3. The van der Waals surface area contributed by atoms with Crippen LogP contribution in [0.3, 0.4) is 0 Å². The molecule has 130 valence electrons. The third-order valence-corrected chi connectivity index (χ3v) is 5.27. The first kappa shape index (κ1) is 16.9. The molecule has 0 heterocycles. The number of hydrogen-bond donors (Lipinski definition) is 2. The number of benzene rings is 1. The molecule has 6 heteroatoms. The molecule has 2 N–H and O–H groups in total. The fourth-order valence-corrected chi connectivity index (χ4v) is 3.56. The molecular weight excluding hydrogens is 311 g/mol. The Kier molecular flexibility index (Phi) is 4.58. The van der Waals surface area contributed by atoms with Crippen LogP contribution in [0.25, 0.3) is 0 Å². The predicted octanol–water partition coefficient (Wildman–Crippen LogP) is 1.91. The van der Waals surface area contributed by atoms with Crippen LogP contribution in [0.4, 0.5) is 4.39 Å². The maximum absolute atomic E-state index is 13.4. The van der Waals surface area contributed by atoms with E-state index in [0.717, 1.165) is 31.2 Å². The number of likely N-dealkylation sites (N-methyl/N-ethyl adjacent to an activating group) is 1. The molecule has 1 aromatic rings. The zero-order valence-electron chi connectivity index (χ0n) is 13.8. The fourth-order valence-electron chi connectivity index (χ4n) is 3.56. The first-order valence-electron chi connectivity index (χ1n) is 8.47. The summed E-state index contributed by atoms with van der Waals surface area (Å²) in [6, 6.07) is 6.57. The number of nitrogens with zero attached hydrogens (tertiary/aromatic N) is 1. The molecule has 2 fully saturated rings. The molecule has 0 aromatic heterocycles. The quantitative estimate of drug-likeness (QED) is 0.799. The van der Waals surface area contributed by atoms with Gasteiger partial charge in [0.1, 0.15) is 5.82 Å². The summed E-state index contributed by atoms with van der Waals surface area (Å²) in [6.45, 7) is 2.66. The number of carboxylic acids is 1. The summed E-state index contributed by atoms with van der Waals surface area (Å²) in [5.41, 5.74) is 0.176. The van der Waals surface area contributed by atoms with Crippen molar-refractivity contribution in [2.45, 2.75) is 50.1 Å². The molecule has 2 aliphatic carbocycles. The van der Waals surface area contributed by atoms with Crippen molar-refractivity contribution in [2.75, 3.05) is 13.1 Å². The number of hydrogen-bond acceptors (Lipinski definition) is 3. The van der Waals surface area contributed by atoms with Gasteiger partial charge in [-0.2, -0.15) is 0 Å². The molecule has 1 aromatic carbocycles. The number of aliphatic carboxylic acids is 1. The van der Waals surface area contributed by atoms with Crippen molar-refractivity contribution < 1.29 is 19.1 Å². The number of halogens is 1. The third kappa shape index (κ3) is 3.29. The molecule has 5 nitrogen and oxygen atoms in total. The van der Waals surface area contributed by atoms with Crippen molar-refractivity contribution in [1.82, 2.24) is 10.2 Å². The van der Waals surface area contributed by atoms with Crippen LogP contribution in [0, 0.1) is 5.82 Å². The topological polar surface area (TPSA) is 69.6 Å². The van der Waals surface area contributed by atoms with Crippen LogP contribution in [0.5, 0.6) is 0 Å². The molecule has 1 amide bonds. The first-order chi connectivity index (χ1) is 11.4. The van der Waals surface area contributed by atoms with Gasteiger partial charge < -0.3 is 10.4 Å². The lowest BCUT2D eigenvalue weighted by molar-refractivity contribution is -0.140. The lowest BCUT2D eigenvalue weighted by Gasteiger charge is -2.42. The average Bonchev–Trinajstić information content (AvgIpc) is 3.30. The Morgan fingerprint density at radius 3 is 2.62 bits per heavy atom. The van der Waals surface area contributed by atoms with Crippen molar-refractivity contribution in [2.24, 2.45) is 0 Å². The van der Waals surface area contributed by atoms with Crippen LogP contribution in [-0.2, 0) is 15.0 Å². The first-order valence-corrected chi connectivity index (χ1v) is 8.47. The van der Waals surface area contributed by atoms with Gasteiger partial charge in [0.15, 0.2) is 0 Å². The van der Waals surface area contributed by atoms with E-state index in [1.165, 1.54) is 12.1 Å². The van der Waals surface area contributed by atoms with Gasteiger partial charge in [0.2, 0.25) is 5.91 Å². The van der Waals surface area contributed by atoms with Crippen LogP contribution in [0.1, 0.15) is 38.2 Å². The molecule has 2 saturated carbocycles. The molecule has 0 bridgehead atoms. The third-order valence-electron chi connectivity index (χ3n) is 5.27. The van der Waals surface area contributed by atoms with Crippen molar-refractivity contribution in [3.8, 4) is 0 Å². The van der Waals surface area contributed by atoms with Crippen LogP contribution in [0.15, 0.2) is 24.3 Å². The van der Waals surface area contributed by atoms with Gasteiger partial charge in [0.25, 0.3) is 0 Å². The minimum atomic E-state index is -0.827. The van der Waals surface area contributed by atoms with Gasteiger partial charge in [-0.25, -0.2) is 4.39 Å². The Labute approximate surface area is 140 Å². The summed E-state index contributed by atoms with van der Waals surface area (Å²) in [5.74, 6) is -1.17. The van der Waals surface area contributed by atoms with Gasteiger partial charge in [-0.05, 0) is 49.9 Å². The minimum Gasteiger partial charge on any atom is -0.480 e. The van der Waals surface area contributed by atoms with E-state index in [-0.39, 0.29) is 30.4 Å². The van der Waals surface area contributed by atoms with Crippen molar-refractivity contribution >= 4 is 11.9 Å². The molecule has 2 aliphatic rings. The van der Waals surface area contributed by atoms with Crippen LogP contribution in [-0.4, -0.2) is 47.1 Å². The van der Waals surface area contributed by atoms with E-state index >= 15 is 0 Å². The normalized spacial score (nSPS) is 24.3. The Morgan fingerprint density at radius 2 is 2.08 bits per heavy atom. The second-order valence-electron chi connectivity index (χ2n) is 6.84. The highest BCUT2D eigenvalue weighted by atomic mass is 19.1. The van der Waals surface area contributed by atoms with E-state index in [2.05, 4.69) is 5.32 Å². The van der Waals surface area contributed by atoms with Crippen LogP contribution in [0.2, 0.25) is 0 Å². The van der Waals surface area contributed by atoms with Crippen LogP contribution >= 0.6 is 0 Å². The number of rotatable bonds is 7. The number of carbonyl (C=O) groups excluding carboxylic acids is 1. The van der Waals surface area contributed by atoms with E-state index in [9.17, 15) is 14.0 Å². The SMILES string of the molecule is CCN(CC(=O)O)C1CC(NC(=O)C2(c3cccc(F)c3)CC2)C1. The van der Waals surface area contributed by atoms with Gasteiger partial charge in [-0.3, -0.25) is 14.5 Å². The Hall–Kier alpha value is -1.95. The van der Waals surface area contributed by atoms with Gasteiger partial charge in [-0.1, -0.05) is 19.1 Å². The molecule has 24 heavy (non-hydrogen) atoms. The highest BCUT2D eigenvalue weighted by Gasteiger charge is 2.52. The summed E-state index contributed by atoms with van der Waals surface area (Å²) in [4.78, 5) is 25.4. The number of amides is 1. The molecule has 0 radical (unpaired) electrons. The maximum atomic E-state index is 13.4. The lowest BCUT2D eigenvalue weighted by Crippen LogP contribution is -2.56. The summed E-state index contributed by atoms with van der Waals surface area (Å²) >= 11 is 0. The summed E-state index contributed by atoms with van der Waals surface area (Å²) < 4.78 is 13.4. The van der Waals surface area contributed by atoms with E-state index in [1.807, 2.05) is 17.9 Å². The van der Waals surface area contributed by atoms with Gasteiger partial charge in [0.05, 0.1) is 12.0 Å². The zero-order chi connectivity index (χ0) is 17.3. The fraction of sp³-hybridized carbons (Fsp3) is 0.556. The van der Waals surface area contributed by atoms with E-state index in [1.54, 1.807) is 6.07 Å². The lowest BCUT2D eigenvalue weighted by atomic mass is 9.84. The summed E-state index contributed by atoms with van der Waals surface area (Å²) in [6.07, 6.45) is 3.04. The molecule has 3 rings (SSSR count). The largest absolute Gasteiger partial charge is 0.480 e. The van der Waals surface area contributed by atoms with Crippen molar-refractivity contribution in [1.29, 1.82) is 0 Å². The van der Waals surface area contributed by atoms with Gasteiger partial charge in [0, 0.05) is 12.1 Å². The zero-order valence-corrected chi connectivity index (χ0v) is 13.8. The highest BCUT2D eigenvalue weighted by Crippen LogP contribution is 2.48. The minimum absolute atomic E-state index is 0.0298. The Bertz CT molecular complexity index is 639. The predicted molar refractivity (Wildman–Crippen MR) is 87.1 cm³/mol. The van der Waals surface area contributed by atoms with Crippen molar-refractivity contribution in [3.05, 3.63) is 35.6 Å². The second-order valence-corrected chi connectivity index (χ2v) is 6.84. The summed E-state index contributed by atoms with van der Waals surface area (Å²) in [7, 11) is 0. The number of nitrogens with one attached hydrogen (secondary N) is 1. The Balaban J connectivity index is 1.55. The number of carboxylic acid groups (broad SMARTS) is 1. The van der Waals surface area contributed by atoms with E-state index in [4.69, 9.17) is 5.11 Å².